The van der Waals surface area contributed by atoms with Gasteiger partial charge in [0.25, 0.3) is 0 Å². The van der Waals surface area contributed by atoms with E-state index in [9.17, 15) is 4.39 Å². The Bertz CT molecular complexity index is 510. The van der Waals surface area contributed by atoms with E-state index in [2.05, 4.69) is 34.3 Å². The molecule has 2 rings (SSSR count). The van der Waals surface area contributed by atoms with Crippen LogP contribution in [0.4, 0.5) is 4.39 Å². The number of nitrogens with zero attached hydrogens (tertiary/aromatic N) is 3. The molecule has 0 atom stereocenters. The van der Waals surface area contributed by atoms with E-state index in [0.717, 1.165) is 19.2 Å². The summed E-state index contributed by atoms with van der Waals surface area (Å²) in [6.45, 7) is 5.11. The SMILES string of the molecule is CC(C)NCCCc1nc(-c2ccc(F)cn2)no1. The molecule has 5 nitrogen and oxygen atoms in total. The molecule has 0 aromatic carbocycles. The predicted molar refractivity (Wildman–Crippen MR) is 68.9 cm³/mol. The summed E-state index contributed by atoms with van der Waals surface area (Å²) in [6.07, 6.45) is 2.78. The van der Waals surface area contributed by atoms with Crippen molar-refractivity contribution in [2.24, 2.45) is 0 Å². The highest BCUT2D eigenvalue weighted by molar-refractivity contribution is 5.47. The average Bonchev–Trinajstić information content (AvgIpc) is 2.84. The van der Waals surface area contributed by atoms with Gasteiger partial charge in [0, 0.05) is 12.5 Å². The maximum absolute atomic E-state index is 12.7. The zero-order valence-corrected chi connectivity index (χ0v) is 11.1. The number of halogens is 1. The van der Waals surface area contributed by atoms with Crippen LogP contribution in [0.1, 0.15) is 26.2 Å². The summed E-state index contributed by atoms with van der Waals surface area (Å²) in [6, 6.07) is 3.33. The second kappa shape index (κ2) is 6.38. The molecule has 0 unspecified atom stereocenters. The van der Waals surface area contributed by atoms with E-state index in [1.807, 2.05) is 0 Å². The molecule has 0 bridgehead atoms. The average molecular weight is 264 g/mol. The molecule has 1 N–H and O–H groups in total. The third kappa shape index (κ3) is 4.10. The molecule has 2 heterocycles. The van der Waals surface area contributed by atoms with Crippen LogP contribution in [-0.2, 0) is 6.42 Å². The summed E-state index contributed by atoms with van der Waals surface area (Å²) in [5.74, 6) is 0.589. The van der Waals surface area contributed by atoms with Crippen LogP contribution in [0.5, 0.6) is 0 Å². The number of nitrogens with one attached hydrogen (secondary N) is 1. The van der Waals surface area contributed by atoms with Crippen molar-refractivity contribution >= 4 is 0 Å². The molecule has 6 heteroatoms. The molecule has 0 radical (unpaired) electrons. The first-order valence-corrected chi connectivity index (χ1v) is 6.33. The lowest BCUT2D eigenvalue weighted by Gasteiger charge is -2.05. The van der Waals surface area contributed by atoms with Gasteiger partial charge in [-0.1, -0.05) is 19.0 Å². The quantitative estimate of drug-likeness (QED) is 0.810. The Kier molecular flexibility index (Phi) is 4.57. The highest BCUT2D eigenvalue weighted by Gasteiger charge is 2.09. The molecule has 19 heavy (non-hydrogen) atoms. The fourth-order valence-corrected chi connectivity index (χ4v) is 1.60. The fourth-order valence-electron chi connectivity index (χ4n) is 1.60. The Balaban J connectivity index is 1.90. The maximum Gasteiger partial charge on any atom is 0.227 e. The van der Waals surface area contributed by atoms with Crippen LogP contribution in [-0.4, -0.2) is 27.7 Å². The topological polar surface area (TPSA) is 63.8 Å². The Hall–Kier alpha value is -1.82. The van der Waals surface area contributed by atoms with Crippen molar-refractivity contribution in [3.8, 4) is 11.5 Å². The maximum atomic E-state index is 12.7. The van der Waals surface area contributed by atoms with Crippen molar-refractivity contribution in [1.29, 1.82) is 0 Å². The molecule has 0 saturated heterocycles. The van der Waals surface area contributed by atoms with Gasteiger partial charge in [0.2, 0.25) is 11.7 Å². The van der Waals surface area contributed by atoms with Gasteiger partial charge in [-0.15, -0.1) is 0 Å². The largest absolute Gasteiger partial charge is 0.339 e. The lowest BCUT2D eigenvalue weighted by molar-refractivity contribution is 0.374. The minimum atomic E-state index is -0.382. The molecule has 0 amide bonds. The number of hydrogen-bond acceptors (Lipinski definition) is 5. The summed E-state index contributed by atoms with van der Waals surface area (Å²) >= 11 is 0. The standard InChI is InChI=1S/C13H17FN4O/c1-9(2)15-7-3-4-12-17-13(18-19-12)11-6-5-10(14)8-16-11/h5-6,8-9,15H,3-4,7H2,1-2H3. The van der Waals surface area contributed by atoms with E-state index in [1.165, 1.54) is 12.1 Å². The lowest BCUT2D eigenvalue weighted by Crippen LogP contribution is -2.23. The van der Waals surface area contributed by atoms with Gasteiger partial charge in [0.1, 0.15) is 11.5 Å². The first-order chi connectivity index (χ1) is 9.15. The first kappa shape index (κ1) is 13.6. The van der Waals surface area contributed by atoms with Gasteiger partial charge in [-0.3, -0.25) is 0 Å². The summed E-state index contributed by atoms with van der Waals surface area (Å²) < 4.78 is 17.9. The number of aromatic nitrogens is 3. The third-order valence-corrected chi connectivity index (χ3v) is 2.54. The van der Waals surface area contributed by atoms with Gasteiger partial charge in [-0.2, -0.15) is 4.98 Å². The van der Waals surface area contributed by atoms with Crippen LogP contribution < -0.4 is 5.32 Å². The van der Waals surface area contributed by atoms with Crippen molar-refractivity contribution in [2.75, 3.05) is 6.54 Å². The Morgan fingerprint density at radius 1 is 1.37 bits per heavy atom. The van der Waals surface area contributed by atoms with Gasteiger partial charge in [0.15, 0.2) is 0 Å². The van der Waals surface area contributed by atoms with Crippen molar-refractivity contribution < 1.29 is 8.91 Å². The van der Waals surface area contributed by atoms with Crippen LogP contribution in [0.15, 0.2) is 22.9 Å². The zero-order chi connectivity index (χ0) is 13.7. The minimum absolute atomic E-state index is 0.382. The molecule has 0 aliphatic heterocycles. The van der Waals surface area contributed by atoms with E-state index in [1.54, 1.807) is 0 Å². The Labute approximate surface area is 111 Å². The molecule has 0 fully saturated rings. The van der Waals surface area contributed by atoms with Crippen molar-refractivity contribution in [3.63, 3.8) is 0 Å². The van der Waals surface area contributed by atoms with E-state index >= 15 is 0 Å². The minimum Gasteiger partial charge on any atom is -0.339 e. The fraction of sp³-hybridized carbons (Fsp3) is 0.462. The second-order valence-corrected chi connectivity index (χ2v) is 4.59. The summed E-state index contributed by atoms with van der Waals surface area (Å²) in [7, 11) is 0. The number of aryl methyl sites for hydroxylation is 1. The van der Waals surface area contributed by atoms with Gasteiger partial charge in [-0.05, 0) is 25.1 Å². The number of hydrogen-bond donors (Lipinski definition) is 1. The Morgan fingerprint density at radius 3 is 2.89 bits per heavy atom. The zero-order valence-electron chi connectivity index (χ0n) is 11.1. The lowest BCUT2D eigenvalue weighted by atomic mass is 10.3. The van der Waals surface area contributed by atoms with Gasteiger partial charge >= 0.3 is 0 Å². The van der Waals surface area contributed by atoms with Crippen LogP contribution in [0.2, 0.25) is 0 Å². The summed E-state index contributed by atoms with van der Waals surface area (Å²) in [5.41, 5.74) is 0.511. The van der Waals surface area contributed by atoms with E-state index < -0.39 is 0 Å². The highest BCUT2D eigenvalue weighted by atomic mass is 19.1. The van der Waals surface area contributed by atoms with Gasteiger partial charge < -0.3 is 9.84 Å². The van der Waals surface area contributed by atoms with Gasteiger partial charge in [0.05, 0.1) is 6.20 Å². The van der Waals surface area contributed by atoms with Crippen LogP contribution >= 0.6 is 0 Å². The number of rotatable bonds is 6. The molecule has 0 aliphatic rings. The monoisotopic (exact) mass is 264 g/mol. The molecule has 0 saturated carbocycles. The molecule has 0 aliphatic carbocycles. The summed E-state index contributed by atoms with van der Waals surface area (Å²) in [4.78, 5) is 8.15. The molecule has 102 valence electrons. The van der Waals surface area contributed by atoms with Crippen LogP contribution in [0, 0.1) is 5.82 Å². The van der Waals surface area contributed by atoms with Crippen LogP contribution in [0.25, 0.3) is 11.5 Å². The number of pyridine rings is 1. The second-order valence-electron chi connectivity index (χ2n) is 4.59. The normalized spacial score (nSPS) is 11.2. The van der Waals surface area contributed by atoms with E-state index in [0.29, 0.717) is 29.9 Å². The third-order valence-electron chi connectivity index (χ3n) is 2.54. The Morgan fingerprint density at radius 2 is 2.21 bits per heavy atom. The van der Waals surface area contributed by atoms with Crippen molar-refractivity contribution in [2.45, 2.75) is 32.7 Å². The molecule has 0 spiro atoms. The van der Waals surface area contributed by atoms with Crippen LogP contribution in [0.3, 0.4) is 0 Å². The molecule has 2 aromatic rings. The first-order valence-electron chi connectivity index (χ1n) is 6.33. The molecular weight excluding hydrogens is 247 g/mol. The smallest absolute Gasteiger partial charge is 0.227 e. The van der Waals surface area contributed by atoms with Crippen molar-refractivity contribution in [3.05, 3.63) is 30.0 Å². The van der Waals surface area contributed by atoms with Crippen molar-refractivity contribution in [1.82, 2.24) is 20.4 Å². The highest BCUT2D eigenvalue weighted by Crippen LogP contribution is 2.13. The van der Waals surface area contributed by atoms with E-state index in [4.69, 9.17) is 4.52 Å². The van der Waals surface area contributed by atoms with E-state index in [-0.39, 0.29) is 5.82 Å². The van der Waals surface area contributed by atoms with Gasteiger partial charge in [-0.25, -0.2) is 9.37 Å². The predicted octanol–water partition coefficient (Wildman–Crippen LogP) is 2.20. The summed E-state index contributed by atoms with van der Waals surface area (Å²) in [5, 5.41) is 7.16. The molecular formula is C13H17FN4O. The molecule has 2 aromatic heterocycles.